The average Bonchev–Trinajstić information content (AvgIpc) is 3.17. The number of hydrogen-bond donors (Lipinski definition) is 1. The first-order chi connectivity index (χ1) is 11.0. The van der Waals surface area contributed by atoms with E-state index in [-0.39, 0.29) is 5.54 Å². The Labute approximate surface area is 136 Å². The molecule has 6 nitrogen and oxygen atoms in total. The van der Waals surface area contributed by atoms with Gasteiger partial charge in [0, 0.05) is 49.5 Å². The summed E-state index contributed by atoms with van der Waals surface area (Å²) in [4.78, 5) is 4.54. The molecule has 0 spiro atoms. The molecule has 3 heterocycles. The lowest BCUT2D eigenvalue weighted by atomic mass is 9.97. The largest absolute Gasteiger partial charge is 0.304 e. The Bertz CT molecular complexity index is 785. The zero-order valence-electron chi connectivity index (χ0n) is 14.0. The molecule has 120 valence electrons. The molecule has 0 saturated carbocycles. The maximum atomic E-state index is 4.54. The van der Waals surface area contributed by atoms with Crippen molar-refractivity contribution in [3.63, 3.8) is 0 Å². The van der Waals surface area contributed by atoms with Gasteiger partial charge in [0.15, 0.2) is 5.82 Å². The number of nitrogens with one attached hydrogen (secondary N) is 1. The fourth-order valence-electron chi connectivity index (χ4n) is 2.53. The van der Waals surface area contributed by atoms with Crippen molar-refractivity contribution in [3.8, 4) is 5.82 Å². The van der Waals surface area contributed by atoms with Crippen molar-refractivity contribution in [2.75, 3.05) is 0 Å². The molecule has 1 N–H and O–H groups in total. The summed E-state index contributed by atoms with van der Waals surface area (Å²) in [6, 6.07) is 4.04. The fraction of sp³-hybridized carbons (Fsp3) is 0.353. The summed E-state index contributed by atoms with van der Waals surface area (Å²) in [6.45, 7) is 7.11. The Kier molecular flexibility index (Phi) is 4.00. The van der Waals surface area contributed by atoms with E-state index in [1.54, 1.807) is 10.9 Å². The number of rotatable bonds is 5. The molecule has 0 aromatic carbocycles. The number of nitrogens with zero attached hydrogens (tertiary/aromatic N) is 5. The second-order valence-corrected chi connectivity index (χ2v) is 6.32. The Morgan fingerprint density at radius 1 is 1.22 bits per heavy atom. The molecule has 0 fully saturated rings. The third-order valence-electron chi connectivity index (χ3n) is 3.99. The summed E-state index contributed by atoms with van der Waals surface area (Å²) in [5.41, 5.74) is 3.27. The number of aromatic nitrogens is 5. The highest BCUT2D eigenvalue weighted by Gasteiger charge is 2.21. The van der Waals surface area contributed by atoms with Crippen molar-refractivity contribution in [3.05, 3.63) is 59.8 Å². The molecule has 0 radical (unpaired) electrons. The molecule has 23 heavy (non-hydrogen) atoms. The van der Waals surface area contributed by atoms with Crippen LogP contribution in [0.1, 0.15) is 30.5 Å². The smallest absolute Gasteiger partial charge is 0.156 e. The molecule has 6 heteroatoms. The molecule has 0 unspecified atom stereocenters. The lowest BCUT2D eigenvalue weighted by Crippen LogP contribution is -2.35. The van der Waals surface area contributed by atoms with E-state index >= 15 is 0 Å². The van der Waals surface area contributed by atoms with Gasteiger partial charge in [-0.3, -0.25) is 4.68 Å². The highest BCUT2D eigenvalue weighted by atomic mass is 15.3. The predicted molar refractivity (Wildman–Crippen MR) is 89.2 cm³/mol. The van der Waals surface area contributed by atoms with E-state index in [2.05, 4.69) is 47.3 Å². The van der Waals surface area contributed by atoms with Gasteiger partial charge >= 0.3 is 0 Å². The van der Waals surface area contributed by atoms with Gasteiger partial charge in [-0.25, -0.2) is 9.67 Å². The molecule has 0 bridgehead atoms. The predicted octanol–water partition coefficient (Wildman–Crippen LogP) is 2.33. The second kappa shape index (κ2) is 5.96. The number of aryl methyl sites for hydroxylation is 2. The van der Waals surface area contributed by atoms with E-state index < -0.39 is 0 Å². The van der Waals surface area contributed by atoms with Crippen LogP contribution in [-0.4, -0.2) is 24.5 Å². The summed E-state index contributed by atoms with van der Waals surface area (Å²) < 4.78 is 3.61. The SMILES string of the molecule is Cc1cc(CNC(C)(C)c2cnn(C)c2)cnc1-n1cccn1. The maximum Gasteiger partial charge on any atom is 0.156 e. The van der Waals surface area contributed by atoms with E-state index in [0.29, 0.717) is 0 Å². The van der Waals surface area contributed by atoms with Crippen molar-refractivity contribution in [1.29, 1.82) is 0 Å². The van der Waals surface area contributed by atoms with Crippen molar-refractivity contribution in [1.82, 2.24) is 29.9 Å². The molecule has 0 aliphatic heterocycles. The highest BCUT2D eigenvalue weighted by Crippen LogP contribution is 2.20. The van der Waals surface area contributed by atoms with Gasteiger partial charge in [-0.1, -0.05) is 0 Å². The van der Waals surface area contributed by atoms with Gasteiger partial charge in [-0.15, -0.1) is 0 Å². The van der Waals surface area contributed by atoms with Crippen LogP contribution >= 0.6 is 0 Å². The first-order valence-corrected chi connectivity index (χ1v) is 7.65. The Morgan fingerprint density at radius 2 is 2.04 bits per heavy atom. The third kappa shape index (κ3) is 3.32. The Hall–Kier alpha value is -2.47. The van der Waals surface area contributed by atoms with Crippen LogP contribution < -0.4 is 5.32 Å². The summed E-state index contributed by atoms with van der Waals surface area (Å²) in [6.07, 6.45) is 9.50. The minimum Gasteiger partial charge on any atom is -0.304 e. The standard InChI is InChI=1S/C17H22N6/c1-13-8-14(9-18-16(13)23-7-5-6-20-23)10-19-17(2,3)15-11-21-22(4)12-15/h5-9,11-12,19H,10H2,1-4H3. The molecule has 0 aliphatic carbocycles. The summed E-state index contributed by atoms with van der Waals surface area (Å²) in [7, 11) is 1.93. The quantitative estimate of drug-likeness (QED) is 0.786. The van der Waals surface area contributed by atoms with Crippen LogP contribution in [0.25, 0.3) is 5.82 Å². The van der Waals surface area contributed by atoms with Crippen LogP contribution in [0.4, 0.5) is 0 Å². The fourth-order valence-corrected chi connectivity index (χ4v) is 2.53. The highest BCUT2D eigenvalue weighted by molar-refractivity contribution is 5.34. The van der Waals surface area contributed by atoms with Gasteiger partial charge in [-0.2, -0.15) is 10.2 Å². The van der Waals surface area contributed by atoms with E-state index in [1.165, 1.54) is 0 Å². The van der Waals surface area contributed by atoms with E-state index in [1.807, 2.05) is 42.6 Å². The topological polar surface area (TPSA) is 60.6 Å². The van der Waals surface area contributed by atoms with Crippen molar-refractivity contribution in [2.24, 2.45) is 7.05 Å². The molecular formula is C17H22N6. The summed E-state index contributed by atoms with van der Waals surface area (Å²) in [5, 5.41) is 12.1. The van der Waals surface area contributed by atoms with E-state index in [4.69, 9.17) is 0 Å². The first kappa shape index (κ1) is 15.4. The molecule has 0 atom stereocenters. The number of hydrogen-bond acceptors (Lipinski definition) is 4. The molecule has 3 aromatic heterocycles. The molecule has 0 amide bonds. The number of pyridine rings is 1. The summed E-state index contributed by atoms with van der Waals surface area (Å²) in [5.74, 6) is 0.866. The van der Waals surface area contributed by atoms with Crippen molar-refractivity contribution >= 4 is 0 Å². The van der Waals surface area contributed by atoms with Crippen LogP contribution in [0.15, 0.2) is 43.1 Å². The van der Waals surface area contributed by atoms with E-state index in [0.717, 1.165) is 29.1 Å². The van der Waals surface area contributed by atoms with Crippen LogP contribution in [0.5, 0.6) is 0 Å². The normalized spacial score (nSPS) is 11.8. The van der Waals surface area contributed by atoms with Gasteiger partial charge in [-0.05, 0) is 44.0 Å². The second-order valence-electron chi connectivity index (χ2n) is 6.32. The Balaban J connectivity index is 1.72. The van der Waals surface area contributed by atoms with Gasteiger partial charge in [0.05, 0.1) is 6.20 Å². The minimum absolute atomic E-state index is 0.150. The zero-order chi connectivity index (χ0) is 16.4. The van der Waals surface area contributed by atoms with Crippen LogP contribution in [0.2, 0.25) is 0 Å². The third-order valence-corrected chi connectivity index (χ3v) is 3.99. The van der Waals surface area contributed by atoms with Crippen LogP contribution in [0.3, 0.4) is 0 Å². The first-order valence-electron chi connectivity index (χ1n) is 7.65. The van der Waals surface area contributed by atoms with Gasteiger partial charge in [0.1, 0.15) is 0 Å². The molecule has 0 saturated heterocycles. The van der Waals surface area contributed by atoms with Crippen molar-refractivity contribution < 1.29 is 0 Å². The molecule has 3 rings (SSSR count). The zero-order valence-corrected chi connectivity index (χ0v) is 14.0. The molecule has 0 aliphatic rings. The molecular weight excluding hydrogens is 288 g/mol. The lowest BCUT2D eigenvalue weighted by molar-refractivity contribution is 0.400. The molecule has 3 aromatic rings. The minimum atomic E-state index is -0.150. The van der Waals surface area contributed by atoms with E-state index in [9.17, 15) is 0 Å². The monoisotopic (exact) mass is 310 g/mol. The Morgan fingerprint density at radius 3 is 2.65 bits per heavy atom. The van der Waals surface area contributed by atoms with Gasteiger partial charge in [0.2, 0.25) is 0 Å². The van der Waals surface area contributed by atoms with Gasteiger partial charge in [0.25, 0.3) is 0 Å². The van der Waals surface area contributed by atoms with Crippen LogP contribution in [0, 0.1) is 6.92 Å². The maximum absolute atomic E-state index is 4.54. The summed E-state index contributed by atoms with van der Waals surface area (Å²) >= 11 is 0. The lowest BCUT2D eigenvalue weighted by Gasteiger charge is -2.25. The van der Waals surface area contributed by atoms with Gasteiger partial charge < -0.3 is 5.32 Å². The van der Waals surface area contributed by atoms with Crippen molar-refractivity contribution in [2.45, 2.75) is 32.9 Å². The van der Waals surface area contributed by atoms with Crippen LogP contribution in [-0.2, 0) is 19.1 Å². The average molecular weight is 310 g/mol.